The summed E-state index contributed by atoms with van der Waals surface area (Å²) in [6.07, 6.45) is 2.50. The highest BCUT2D eigenvalue weighted by Gasteiger charge is 2.15. The number of rotatable bonds is 5. The molecule has 0 unspecified atom stereocenters. The van der Waals surface area contributed by atoms with Crippen LogP contribution in [0.15, 0.2) is 53.6 Å². The van der Waals surface area contributed by atoms with Gasteiger partial charge in [0.25, 0.3) is 5.56 Å². The van der Waals surface area contributed by atoms with Gasteiger partial charge in [0.2, 0.25) is 0 Å². The van der Waals surface area contributed by atoms with E-state index in [9.17, 15) is 4.79 Å². The molecule has 8 heteroatoms. The second-order valence-corrected chi connectivity index (χ2v) is 8.94. The van der Waals surface area contributed by atoms with Crippen LogP contribution in [0.4, 0.5) is 0 Å². The number of hydrogen-bond donors (Lipinski definition) is 0. The van der Waals surface area contributed by atoms with Crippen LogP contribution in [-0.4, -0.2) is 23.0 Å². The zero-order valence-electron chi connectivity index (χ0n) is 15.5. The van der Waals surface area contributed by atoms with Gasteiger partial charge in [-0.2, -0.15) is 9.78 Å². The van der Waals surface area contributed by atoms with Crippen molar-refractivity contribution in [2.75, 3.05) is 7.11 Å². The Bertz CT molecular complexity index is 1100. The number of fused-ring (bicyclic) bond motifs is 1. The van der Waals surface area contributed by atoms with Crippen LogP contribution in [0.5, 0.6) is 5.75 Å². The highest BCUT2D eigenvalue weighted by molar-refractivity contribution is 9.11. The number of halogens is 3. The standard InChI is InChI=1S/C20H18Br3N3O2/c1-4-11(2)19-25-17-6-5-13(21)9-14(17)20(27)26(19)24-10-12-7-15(22)18(28-3)16(23)8-12/h5-11H,4H2,1-3H3/t11-/m0/s1. The number of nitrogens with zero attached hydrogens (tertiary/aromatic N) is 3. The largest absolute Gasteiger partial charge is 0.494 e. The van der Waals surface area contributed by atoms with Crippen LogP contribution in [0.25, 0.3) is 10.9 Å². The third-order valence-corrected chi connectivity index (χ3v) is 6.10. The summed E-state index contributed by atoms with van der Waals surface area (Å²) in [6, 6.07) is 9.27. The van der Waals surface area contributed by atoms with Crippen LogP contribution in [-0.2, 0) is 0 Å². The molecule has 0 fully saturated rings. The lowest BCUT2D eigenvalue weighted by molar-refractivity contribution is 0.409. The third-order valence-electron chi connectivity index (χ3n) is 4.43. The third kappa shape index (κ3) is 4.23. The molecule has 3 aromatic rings. The fraction of sp³-hybridized carbons (Fsp3) is 0.250. The molecule has 3 rings (SSSR count). The summed E-state index contributed by atoms with van der Waals surface area (Å²) in [5.41, 5.74) is 1.30. The molecule has 1 atom stereocenters. The predicted molar refractivity (Wildman–Crippen MR) is 124 cm³/mol. The molecule has 0 aliphatic rings. The van der Waals surface area contributed by atoms with Crippen LogP contribution in [0.3, 0.4) is 0 Å². The average molecular weight is 572 g/mol. The molecule has 0 radical (unpaired) electrons. The smallest absolute Gasteiger partial charge is 0.282 e. The van der Waals surface area contributed by atoms with E-state index in [2.05, 4.69) is 59.8 Å². The second kappa shape index (κ2) is 8.88. The van der Waals surface area contributed by atoms with Gasteiger partial charge in [-0.25, -0.2) is 4.98 Å². The summed E-state index contributed by atoms with van der Waals surface area (Å²) in [6.45, 7) is 4.10. The Hall–Kier alpha value is -1.51. The number of hydrogen-bond acceptors (Lipinski definition) is 4. The minimum Gasteiger partial charge on any atom is -0.494 e. The lowest BCUT2D eigenvalue weighted by Gasteiger charge is -2.14. The molecule has 5 nitrogen and oxygen atoms in total. The van der Waals surface area contributed by atoms with Crippen LogP contribution in [0.2, 0.25) is 0 Å². The summed E-state index contributed by atoms with van der Waals surface area (Å²) in [5.74, 6) is 1.43. The van der Waals surface area contributed by atoms with E-state index in [1.165, 1.54) is 4.68 Å². The first kappa shape index (κ1) is 21.2. The van der Waals surface area contributed by atoms with Crippen molar-refractivity contribution in [3.63, 3.8) is 0 Å². The van der Waals surface area contributed by atoms with Crippen molar-refractivity contribution >= 4 is 64.9 Å². The molecular weight excluding hydrogens is 554 g/mol. The molecular formula is C20H18Br3N3O2. The van der Waals surface area contributed by atoms with Crippen molar-refractivity contribution in [1.29, 1.82) is 0 Å². The van der Waals surface area contributed by atoms with Gasteiger partial charge in [0.1, 0.15) is 11.6 Å². The van der Waals surface area contributed by atoms with Crippen LogP contribution >= 0.6 is 47.8 Å². The second-order valence-electron chi connectivity index (χ2n) is 6.32. The Morgan fingerprint density at radius 3 is 2.50 bits per heavy atom. The lowest BCUT2D eigenvalue weighted by Crippen LogP contribution is -2.23. The molecule has 146 valence electrons. The van der Waals surface area contributed by atoms with Gasteiger partial charge in [0, 0.05) is 10.4 Å². The quantitative estimate of drug-likeness (QED) is 0.348. The van der Waals surface area contributed by atoms with Gasteiger partial charge in [-0.1, -0.05) is 29.8 Å². The van der Waals surface area contributed by atoms with Crippen molar-refractivity contribution < 1.29 is 4.74 Å². The predicted octanol–water partition coefficient (Wildman–Crippen LogP) is 6.09. The summed E-state index contributed by atoms with van der Waals surface area (Å²) >= 11 is 10.4. The summed E-state index contributed by atoms with van der Waals surface area (Å²) in [4.78, 5) is 17.8. The number of benzene rings is 2. The minimum atomic E-state index is -0.190. The highest BCUT2D eigenvalue weighted by Crippen LogP contribution is 2.34. The van der Waals surface area contributed by atoms with Gasteiger partial charge in [-0.3, -0.25) is 4.79 Å². The van der Waals surface area contributed by atoms with E-state index in [0.717, 1.165) is 25.4 Å². The van der Waals surface area contributed by atoms with Gasteiger partial charge in [0.05, 0.1) is 33.2 Å². The van der Waals surface area contributed by atoms with E-state index in [1.807, 2.05) is 31.2 Å². The van der Waals surface area contributed by atoms with Gasteiger partial charge in [-0.05, 0) is 74.2 Å². The van der Waals surface area contributed by atoms with Crippen molar-refractivity contribution in [2.24, 2.45) is 5.10 Å². The Labute approximate surface area is 188 Å². The Balaban J connectivity index is 2.17. The van der Waals surface area contributed by atoms with E-state index in [4.69, 9.17) is 9.72 Å². The summed E-state index contributed by atoms with van der Waals surface area (Å²) in [5, 5.41) is 5.01. The van der Waals surface area contributed by atoms with Crippen molar-refractivity contribution in [3.05, 3.63) is 65.5 Å². The first-order valence-electron chi connectivity index (χ1n) is 8.65. The fourth-order valence-corrected chi connectivity index (χ4v) is 4.66. The average Bonchev–Trinajstić information content (AvgIpc) is 2.66. The molecule has 0 amide bonds. The molecule has 0 aliphatic carbocycles. The SMILES string of the molecule is CC[C@H](C)c1nc2ccc(Br)cc2c(=O)n1N=Cc1cc(Br)c(OC)c(Br)c1. The van der Waals surface area contributed by atoms with Gasteiger partial charge >= 0.3 is 0 Å². The Kier molecular flexibility index (Phi) is 6.73. The molecule has 0 aliphatic heterocycles. The molecule has 1 heterocycles. The molecule has 0 bridgehead atoms. The van der Waals surface area contributed by atoms with Crippen molar-refractivity contribution in [2.45, 2.75) is 26.2 Å². The van der Waals surface area contributed by atoms with Crippen LogP contribution < -0.4 is 10.3 Å². The van der Waals surface area contributed by atoms with Crippen LogP contribution in [0.1, 0.15) is 37.6 Å². The summed E-state index contributed by atoms with van der Waals surface area (Å²) < 4.78 is 9.14. The van der Waals surface area contributed by atoms with E-state index < -0.39 is 0 Å². The maximum Gasteiger partial charge on any atom is 0.282 e. The van der Waals surface area contributed by atoms with Crippen molar-refractivity contribution in [1.82, 2.24) is 9.66 Å². The normalized spacial score (nSPS) is 12.6. The van der Waals surface area contributed by atoms with Gasteiger partial charge in [-0.15, -0.1) is 0 Å². The van der Waals surface area contributed by atoms with E-state index >= 15 is 0 Å². The van der Waals surface area contributed by atoms with E-state index in [0.29, 0.717) is 22.5 Å². The van der Waals surface area contributed by atoms with Gasteiger partial charge < -0.3 is 4.74 Å². The number of aromatic nitrogens is 2. The lowest BCUT2D eigenvalue weighted by atomic mass is 10.1. The monoisotopic (exact) mass is 569 g/mol. The zero-order chi connectivity index (χ0) is 20.4. The van der Waals surface area contributed by atoms with Crippen LogP contribution in [0, 0.1) is 0 Å². The van der Waals surface area contributed by atoms with E-state index in [1.54, 1.807) is 19.4 Å². The molecule has 28 heavy (non-hydrogen) atoms. The van der Waals surface area contributed by atoms with Crippen molar-refractivity contribution in [3.8, 4) is 5.75 Å². The van der Waals surface area contributed by atoms with Gasteiger partial charge in [0.15, 0.2) is 0 Å². The van der Waals surface area contributed by atoms with E-state index in [-0.39, 0.29) is 11.5 Å². The molecule has 1 aromatic heterocycles. The first-order valence-corrected chi connectivity index (χ1v) is 11.0. The first-order chi connectivity index (χ1) is 13.3. The maximum absolute atomic E-state index is 13.1. The topological polar surface area (TPSA) is 56.5 Å². The zero-order valence-corrected chi connectivity index (χ0v) is 20.3. The molecule has 0 spiro atoms. The molecule has 2 aromatic carbocycles. The fourth-order valence-electron chi connectivity index (χ4n) is 2.75. The maximum atomic E-state index is 13.1. The Morgan fingerprint density at radius 2 is 1.89 bits per heavy atom. The number of methoxy groups -OCH3 is 1. The Morgan fingerprint density at radius 1 is 1.21 bits per heavy atom. The highest BCUT2D eigenvalue weighted by atomic mass is 79.9. The minimum absolute atomic E-state index is 0.0900. The molecule has 0 saturated carbocycles. The molecule has 0 saturated heterocycles. The summed E-state index contributed by atoms with van der Waals surface area (Å²) in [7, 11) is 1.61. The number of ether oxygens (including phenoxy) is 1. The molecule has 0 N–H and O–H groups in total.